The maximum atomic E-state index is 12.3. The molecule has 3 N–H and O–H groups in total. The molecule has 0 saturated heterocycles. The lowest BCUT2D eigenvalue weighted by Gasteiger charge is -2.23. The van der Waals surface area contributed by atoms with Crippen molar-refractivity contribution in [1.82, 2.24) is 10.6 Å². The Kier molecular flexibility index (Phi) is 7.74. The minimum absolute atomic E-state index is 0.291. The molecule has 0 aromatic heterocycles. The van der Waals surface area contributed by atoms with Gasteiger partial charge in [-0.1, -0.05) is 17.7 Å². The van der Waals surface area contributed by atoms with Crippen LogP contribution in [0.25, 0.3) is 0 Å². The molecule has 0 bridgehead atoms. The fourth-order valence-electron chi connectivity index (χ4n) is 1.93. The molecule has 8 heteroatoms. The highest BCUT2D eigenvalue weighted by atomic mass is 127. The van der Waals surface area contributed by atoms with E-state index in [-0.39, 0.29) is 5.91 Å². The Hall–Kier alpha value is -1.09. The Morgan fingerprint density at radius 1 is 1.04 bits per heavy atom. The Bertz CT molecular complexity index is 739. The van der Waals surface area contributed by atoms with Gasteiger partial charge in [0.1, 0.15) is 11.0 Å². The topological polar surface area (TPSA) is 53.2 Å². The van der Waals surface area contributed by atoms with Gasteiger partial charge in [0, 0.05) is 14.8 Å². The lowest BCUT2D eigenvalue weighted by Crippen LogP contribution is -2.52. The molecule has 1 atom stereocenters. The number of nitrogens with one attached hydrogen (secondary N) is 3. The third kappa shape index (κ3) is 6.62. The van der Waals surface area contributed by atoms with Crippen molar-refractivity contribution in [2.45, 2.75) is 17.9 Å². The number of benzene rings is 2. The maximum absolute atomic E-state index is 12.3. The van der Waals surface area contributed by atoms with Gasteiger partial charge in [0.15, 0.2) is 5.11 Å². The second kappa shape index (κ2) is 9.56. The van der Waals surface area contributed by atoms with Crippen molar-refractivity contribution < 1.29 is 4.79 Å². The molecular weight excluding hydrogens is 492 g/mol. The van der Waals surface area contributed by atoms with E-state index in [1.807, 2.05) is 43.3 Å². The number of amides is 1. The number of halogens is 3. The van der Waals surface area contributed by atoms with Crippen molar-refractivity contribution in [3.63, 3.8) is 0 Å². The molecule has 0 saturated carbocycles. The fourth-order valence-corrected chi connectivity index (χ4v) is 2.79. The minimum Gasteiger partial charge on any atom is -0.340 e. The predicted molar refractivity (Wildman–Crippen MR) is 116 cm³/mol. The van der Waals surface area contributed by atoms with Crippen LogP contribution in [-0.4, -0.2) is 22.0 Å². The summed E-state index contributed by atoms with van der Waals surface area (Å²) in [7, 11) is 0. The first-order chi connectivity index (χ1) is 11.8. The van der Waals surface area contributed by atoms with Crippen molar-refractivity contribution in [3.8, 4) is 0 Å². The van der Waals surface area contributed by atoms with Gasteiger partial charge >= 0.3 is 0 Å². The van der Waals surface area contributed by atoms with Crippen LogP contribution in [0.5, 0.6) is 0 Å². The summed E-state index contributed by atoms with van der Waals surface area (Å²) >= 11 is 19.4. The van der Waals surface area contributed by atoms with E-state index < -0.39 is 11.0 Å². The van der Waals surface area contributed by atoms with Crippen LogP contribution in [0.4, 0.5) is 5.69 Å². The first kappa shape index (κ1) is 20.2. The summed E-state index contributed by atoms with van der Waals surface area (Å²) in [5.41, 5.74) is 2.41. The standard InChI is InChI=1S/C17H16Cl2IN3OS/c1-10-2-4-11(5-3-10)16(24)22-15(14(18)19)23-17(25)21-13-8-6-12(20)7-9-13/h2-9,14-15H,1H3,(H,22,24)(H2,21,23,25). The highest BCUT2D eigenvalue weighted by Gasteiger charge is 2.21. The zero-order valence-corrected chi connectivity index (χ0v) is 17.7. The van der Waals surface area contributed by atoms with E-state index in [0.717, 1.165) is 14.8 Å². The van der Waals surface area contributed by atoms with Gasteiger partial charge in [0.25, 0.3) is 5.91 Å². The highest BCUT2D eigenvalue weighted by Crippen LogP contribution is 2.12. The lowest BCUT2D eigenvalue weighted by atomic mass is 10.1. The second-order valence-electron chi connectivity index (χ2n) is 5.26. The SMILES string of the molecule is Cc1ccc(C(=O)NC(NC(=S)Nc2ccc(I)cc2)C(Cl)Cl)cc1. The number of rotatable bonds is 5. The third-order valence-corrected chi connectivity index (χ3v) is 4.68. The number of thiocarbonyl (C=S) groups is 1. The number of carbonyl (C=O) groups excluding carboxylic acids is 1. The van der Waals surface area contributed by atoms with Crippen LogP contribution in [0.1, 0.15) is 15.9 Å². The maximum Gasteiger partial charge on any atom is 0.252 e. The summed E-state index contributed by atoms with van der Waals surface area (Å²) in [4.78, 5) is 11.4. The van der Waals surface area contributed by atoms with Crippen molar-refractivity contribution in [2.75, 3.05) is 5.32 Å². The van der Waals surface area contributed by atoms with Crippen LogP contribution in [-0.2, 0) is 0 Å². The Labute approximate surface area is 175 Å². The number of carbonyl (C=O) groups is 1. The van der Waals surface area contributed by atoms with Crippen molar-refractivity contribution in [1.29, 1.82) is 0 Å². The van der Waals surface area contributed by atoms with Crippen molar-refractivity contribution >= 4 is 74.7 Å². The Morgan fingerprint density at radius 2 is 1.64 bits per heavy atom. The predicted octanol–water partition coefficient (Wildman–Crippen LogP) is 4.45. The fraction of sp³-hybridized carbons (Fsp3) is 0.176. The van der Waals surface area contributed by atoms with Crippen molar-refractivity contribution in [3.05, 3.63) is 63.2 Å². The lowest BCUT2D eigenvalue weighted by molar-refractivity contribution is 0.0936. The second-order valence-corrected chi connectivity index (χ2v) is 8.07. The molecule has 1 unspecified atom stereocenters. The van der Waals surface area contributed by atoms with Crippen molar-refractivity contribution in [2.24, 2.45) is 0 Å². The number of anilines is 1. The first-order valence-corrected chi connectivity index (χ1v) is 9.70. The number of alkyl halides is 2. The van der Waals surface area contributed by atoms with Crippen LogP contribution in [0.3, 0.4) is 0 Å². The molecule has 25 heavy (non-hydrogen) atoms. The molecule has 2 aromatic rings. The van der Waals surface area contributed by atoms with Gasteiger partial charge in [-0.2, -0.15) is 0 Å². The normalized spacial score (nSPS) is 11.7. The summed E-state index contributed by atoms with van der Waals surface area (Å²) in [6.07, 6.45) is -0.735. The quantitative estimate of drug-likeness (QED) is 0.242. The van der Waals surface area contributed by atoms with E-state index in [4.69, 9.17) is 35.4 Å². The average molecular weight is 508 g/mol. The number of hydrogen-bond acceptors (Lipinski definition) is 2. The number of aryl methyl sites for hydroxylation is 1. The van der Waals surface area contributed by atoms with E-state index in [9.17, 15) is 4.79 Å². The molecule has 1 amide bonds. The molecule has 132 valence electrons. The molecule has 0 aliphatic heterocycles. The molecular formula is C17H16Cl2IN3OS. The molecule has 0 spiro atoms. The van der Waals surface area contributed by atoms with Gasteiger partial charge in [-0.05, 0) is 78.1 Å². The van der Waals surface area contributed by atoms with E-state index >= 15 is 0 Å². The molecule has 0 radical (unpaired) electrons. The largest absolute Gasteiger partial charge is 0.340 e. The summed E-state index contributed by atoms with van der Waals surface area (Å²) in [5, 5.41) is 8.98. The van der Waals surface area contributed by atoms with Crippen LogP contribution < -0.4 is 16.0 Å². The summed E-state index contributed by atoms with van der Waals surface area (Å²) in [5.74, 6) is -0.291. The Morgan fingerprint density at radius 3 is 2.20 bits per heavy atom. The van der Waals surface area contributed by atoms with Crippen LogP contribution in [0.2, 0.25) is 0 Å². The first-order valence-electron chi connectivity index (χ1n) is 7.34. The molecule has 2 aromatic carbocycles. The minimum atomic E-state index is -0.883. The highest BCUT2D eigenvalue weighted by molar-refractivity contribution is 14.1. The third-order valence-electron chi connectivity index (χ3n) is 3.24. The van der Waals surface area contributed by atoms with E-state index in [2.05, 4.69) is 38.5 Å². The smallest absolute Gasteiger partial charge is 0.252 e. The van der Waals surface area contributed by atoms with Gasteiger partial charge in [-0.3, -0.25) is 4.79 Å². The average Bonchev–Trinajstić information content (AvgIpc) is 2.56. The van der Waals surface area contributed by atoms with Gasteiger partial charge < -0.3 is 16.0 Å². The van der Waals surface area contributed by atoms with E-state index in [1.165, 1.54) is 0 Å². The molecule has 0 aliphatic rings. The molecule has 0 heterocycles. The van der Waals surface area contributed by atoms with Gasteiger partial charge in [0.2, 0.25) is 0 Å². The molecule has 0 aliphatic carbocycles. The molecule has 4 nitrogen and oxygen atoms in total. The summed E-state index contributed by atoms with van der Waals surface area (Å²) in [6, 6.07) is 14.9. The van der Waals surface area contributed by atoms with Crippen LogP contribution >= 0.6 is 58.0 Å². The zero-order valence-electron chi connectivity index (χ0n) is 13.2. The monoisotopic (exact) mass is 507 g/mol. The van der Waals surface area contributed by atoms with Gasteiger partial charge in [0.05, 0.1) is 0 Å². The Balaban J connectivity index is 1.97. The molecule has 0 fully saturated rings. The number of hydrogen-bond donors (Lipinski definition) is 3. The summed E-state index contributed by atoms with van der Waals surface area (Å²) in [6.45, 7) is 1.95. The zero-order chi connectivity index (χ0) is 18.4. The van der Waals surface area contributed by atoms with E-state index in [0.29, 0.717) is 10.7 Å². The van der Waals surface area contributed by atoms with Crippen LogP contribution in [0.15, 0.2) is 48.5 Å². The summed E-state index contributed by atoms with van der Waals surface area (Å²) < 4.78 is 1.12. The van der Waals surface area contributed by atoms with E-state index in [1.54, 1.807) is 12.1 Å². The van der Waals surface area contributed by atoms with Crippen LogP contribution in [0, 0.1) is 10.5 Å². The van der Waals surface area contributed by atoms with Gasteiger partial charge in [-0.25, -0.2) is 0 Å². The van der Waals surface area contributed by atoms with Gasteiger partial charge in [-0.15, -0.1) is 23.2 Å². The molecule has 2 rings (SSSR count).